The first-order valence-electron chi connectivity index (χ1n) is 10.1. The molecule has 4 nitrogen and oxygen atoms in total. The van der Waals surface area contributed by atoms with Crippen molar-refractivity contribution in [2.24, 2.45) is 0 Å². The largest absolute Gasteiger partial charge is 0.471 e. The first-order chi connectivity index (χ1) is 15.7. The van der Waals surface area contributed by atoms with E-state index in [1.54, 1.807) is 6.92 Å². The van der Waals surface area contributed by atoms with Crippen molar-refractivity contribution in [2.45, 2.75) is 44.8 Å². The molecule has 0 spiro atoms. The normalized spacial score (nSPS) is 16.0. The summed E-state index contributed by atoms with van der Waals surface area (Å²) in [6, 6.07) is 0. The fourth-order valence-electron chi connectivity index (χ4n) is 3.80. The molecule has 0 saturated heterocycles. The molecule has 0 N–H and O–H groups in total. The van der Waals surface area contributed by atoms with Crippen LogP contribution in [0.2, 0.25) is 0 Å². The molecule has 0 amide bonds. The Balaban J connectivity index is 2.10. The summed E-state index contributed by atoms with van der Waals surface area (Å²) in [7, 11) is -4.85. The van der Waals surface area contributed by atoms with Crippen molar-refractivity contribution >= 4 is 15.5 Å². The van der Waals surface area contributed by atoms with E-state index in [1.165, 1.54) is 6.92 Å². The van der Waals surface area contributed by atoms with Crippen LogP contribution in [0.5, 0.6) is 0 Å². The van der Waals surface area contributed by atoms with Crippen LogP contribution in [0, 0.1) is 47.6 Å². The topological polar surface area (TPSA) is 46.6 Å². The van der Waals surface area contributed by atoms with Gasteiger partial charge in [0.25, 0.3) is 0 Å². The number of rotatable bonds is 6. The van der Waals surface area contributed by atoms with Crippen LogP contribution in [0.15, 0.2) is 12.5 Å². The van der Waals surface area contributed by atoms with Crippen LogP contribution in [0.4, 0.5) is 36.4 Å². The Morgan fingerprint density at radius 2 is 1.32 bits per heavy atom. The second kappa shape index (κ2) is 9.12. The zero-order valence-electron chi connectivity index (χ0n) is 18.3. The highest BCUT2D eigenvalue weighted by atomic mass is 32.2. The van der Waals surface area contributed by atoms with Gasteiger partial charge in [0.2, 0.25) is 0 Å². The Morgan fingerprint density at radius 1 is 0.853 bits per heavy atom. The number of hydrogen-bond donors (Lipinski definition) is 0. The highest BCUT2D eigenvalue weighted by Gasteiger charge is 2.38. The third-order valence-corrected chi connectivity index (χ3v) is 6.92. The number of fused-ring (bicyclic) bond motifs is 1. The molecule has 34 heavy (non-hydrogen) atoms. The second-order valence-corrected chi connectivity index (χ2v) is 9.94. The lowest BCUT2D eigenvalue weighted by Crippen LogP contribution is -2.33. The molecule has 1 aliphatic rings. The summed E-state index contributed by atoms with van der Waals surface area (Å²) in [5.41, 5.74) is -4.67. The molecule has 1 heterocycles. The Labute approximate surface area is 191 Å². The highest BCUT2D eigenvalue weighted by Crippen LogP contribution is 2.43. The molecule has 0 aromatic heterocycles. The third kappa shape index (κ3) is 4.23. The summed E-state index contributed by atoms with van der Waals surface area (Å²) in [6.07, 6.45) is -0.738. The van der Waals surface area contributed by atoms with Crippen molar-refractivity contribution < 1.29 is 43.9 Å². The van der Waals surface area contributed by atoms with Crippen molar-refractivity contribution in [3.8, 4) is 0 Å². The van der Waals surface area contributed by atoms with Gasteiger partial charge in [-0.05, 0) is 26.8 Å². The summed E-state index contributed by atoms with van der Waals surface area (Å²) in [6.45, 7) is 7.46. The lowest BCUT2D eigenvalue weighted by molar-refractivity contribution is 0.113. The zero-order valence-corrected chi connectivity index (χ0v) is 19.2. The smallest absolute Gasteiger partial charge is 0.187 e. The van der Waals surface area contributed by atoms with Crippen LogP contribution in [-0.4, -0.2) is 15.0 Å². The monoisotopic (exact) mass is 511 g/mol. The molecular weight excluding hydrogens is 491 g/mol. The number of anilines is 1. The maximum absolute atomic E-state index is 15.3. The standard InChI is InChI=1S/C22H20F7NO3S/c1-5-6-30-11(4)33-10(3)14-17(25)12(20(28)21(29)22(14)30)7-34(31,32)8-13-18(26)15(23)9(2)16(24)19(13)27/h10H,4-8H2,1-3H3. The van der Waals surface area contributed by atoms with Gasteiger partial charge >= 0.3 is 0 Å². The third-order valence-electron chi connectivity index (χ3n) is 5.46. The molecule has 12 heteroatoms. The van der Waals surface area contributed by atoms with Crippen molar-refractivity contribution in [1.29, 1.82) is 0 Å². The average molecular weight is 511 g/mol. The average Bonchev–Trinajstić information content (AvgIpc) is 2.77. The van der Waals surface area contributed by atoms with Gasteiger partial charge in [-0.3, -0.25) is 0 Å². The second-order valence-electron chi connectivity index (χ2n) is 7.88. The van der Waals surface area contributed by atoms with E-state index in [4.69, 9.17) is 4.74 Å². The van der Waals surface area contributed by atoms with Crippen molar-refractivity contribution in [3.63, 3.8) is 0 Å². The van der Waals surface area contributed by atoms with Crippen molar-refractivity contribution in [1.82, 2.24) is 0 Å². The van der Waals surface area contributed by atoms with Crippen molar-refractivity contribution in [3.05, 3.63) is 75.4 Å². The molecule has 0 aliphatic carbocycles. The van der Waals surface area contributed by atoms with E-state index in [-0.39, 0.29) is 12.4 Å². The number of ether oxygens (including phenoxy) is 1. The Kier molecular flexibility index (Phi) is 6.94. The fourth-order valence-corrected chi connectivity index (χ4v) is 5.28. The molecule has 186 valence electrons. The van der Waals surface area contributed by atoms with E-state index in [9.17, 15) is 30.4 Å². The van der Waals surface area contributed by atoms with Gasteiger partial charge in [-0.15, -0.1) is 0 Å². The summed E-state index contributed by atoms with van der Waals surface area (Å²) in [5.74, 6) is -15.5. The van der Waals surface area contributed by atoms with Gasteiger partial charge in [-0.2, -0.15) is 0 Å². The van der Waals surface area contributed by atoms with Crippen LogP contribution in [-0.2, 0) is 26.1 Å². The van der Waals surface area contributed by atoms with Gasteiger partial charge in [0, 0.05) is 23.2 Å². The molecule has 0 bridgehead atoms. The number of nitrogens with zero attached hydrogens (tertiary/aromatic N) is 1. The van der Waals surface area contributed by atoms with Gasteiger partial charge in [0.05, 0.1) is 22.8 Å². The summed E-state index contributed by atoms with van der Waals surface area (Å²) in [5, 5.41) is 0. The fraction of sp³-hybridized carbons (Fsp3) is 0.364. The van der Waals surface area contributed by atoms with Crippen molar-refractivity contribution in [2.75, 3.05) is 11.4 Å². The van der Waals surface area contributed by atoms with E-state index in [2.05, 4.69) is 6.58 Å². The molecule has 2 aromatic carbocycles. The minimum Gasteiger partial charge on any atom is -0.471 e. The number of hydrogen-bond acceptors (Lipinski definition) is 4. The summed E-state index contributed by atoms with van der Waals surface area (Å²) >= 11 is 0. The van der Waals surface area contributed by atoms with E-state index in [0.717, 1.165) is 11.8 Å². The summed E-state index contributed by atoms with van der Waals surface area (Å²) in [4.78, 5) is 1.11. The molecule has 0 radical (unpaired) electrons. The van der Waals surface area contributed by atoms with E-state index >= 15 is 8.78 Å². The Morgan fingerprint density at radius 3 is 1.82 bits per heavy atom. The van der Waals surface area contributed by atoms with E-state index in [1.807, 2.05) is 0 Å². The maximum Gasteiger partial charge on any atom is 0.187 e. The van der Waals surface area contributed by atoms with E-state index < -0.39 is 96.1 Å². The van der Waals surface area contributed by atoms with Gasteiger partial charge in [-0.1, -0.05) is 6.92 Å². The van der Waals surface area contributed by atoms with Crippen LogP contribution < -0.4 is 4.90 Å². The Hall–Kier alpha value is -2.76. The molecule has 0 fully saturated rings. The lowest BCUT2D eigenvalue weighted by Gasteiger charge is -2.37. The molecule has 3 rings (SSSR count). The number of halogens is 7. The SMILES string of the molecule is C=C1OC(C)c2c(F)c(CS(=O)(=O)Cc3c(F)c(F)c(C)c(F)c3F)c(F)c(F)c2N1CCC. The molecule has 1 unspecified atom stereocenters. The molecule has 1 atom stereocenters. The number of benzene rings is 2. The summed E-state index contributed by atoms with van der Waals surface area (Å²) < 4.78 is 132. The van der Waals surface area contributed by atoms with E-state index in [0.29, 0.717) is 6.42 Å². The minimum absolute atomic E-state index is 0.0608. The van der Waals surface area contributed by atoms with Gasteiger partial charge in [0.1, 0.15) is 11.9 Å². The Bertz CT molecular complexity index is 1270. The molecule has 1 aliphatic heterocycles. The zero-order chi connectivity index (χ0) is 25.7. The van der Waals surface area contributed by atoms with Gasteiger partial charge < -0.3 is 9.64 Å². The molecule has 0 saturated carbocycles. The van der Waals surface area contributed by atoms with Crippen LogP contribution in [0.1, 0.15) is 48.6 Å². The first kappa shape index (κ1) is 25.9. The minimum atomic E-state index is -4.85. The maximum atomic E-state index is 15.3. The van der Waals surface area contributed by atoms with Gasteiger partial charge in [0.15, 0.2) is 50.6 Å². The first-order valence-corrected chi connectivity index (χ1v) is 11.9. The predicted molar refractivity (Wildman–Crippen MR) is 110 cm³/mol. The van der Waals surface area contributed by atoms with Crippen LogP contribution in [0.3, 0.4) is 0 Å². The lowest BCUT2D eigenvalue weighted by atomic mass is 10.00. The van der Waals surface area contributed by atoms with Gasteiger partial charge in [-0.25, -0.2) is 39.2 Å². The number of sulfone groups is 1. The van der Waals surface area contributed by atoms with Crippen LogP contribution in [0.25, 0.3) is 0 Å². The molecule has 2 aromatic rings. The predicted octanol–water partition coefficient (Wildman–Crippen LogP) is 5.86. The highest BCUT2D eigenvalue weighted by molar-refractivity contribution is 7.89. The van der Waals surface area contributed by atoms with Crippen LogP contribution >= 0.6 is 0 Å². The molecular formula is C22H20F7NO3S. The quantitative estimate of drug-likeness (QED) is 0.360.